The predicted octanol–water partition coefficient (Wildman–Crippen LogP) is 4.93. The van der Waals surface area contributed by atoms with Gasteiger partial charge < -0.3 is 14.2 Å². The average Bonchev–Trinajstić information content (AvgIpc) is 3.44. The Labute approximate surface area is 216 Å². The van der Waals surface area contributed by atoms with Crippen molar-refractivity contribution in [3.8, 4) is 17.2 Å². The van der Waals surface area contributed by atoms with Gasteiger partial charge in [-0.25, -0.2) is 9.96 Å². The summed E-state index contributed by atoms with van der Waals surface area (Å²) in [6, 6.07) is 21.5. The molecule has 2 fully saturated rings. The van der Waals surface area contributed by atoms with Gasteiger partial charge in [0.25, 0.3) is 5.91 Å². The van der Waals surface area contributed by atoms with Gasteiger partial charge in [-0.2, -0.15) is 0 Å². The summed E-state index contributed by atoms with van der Waals surface area (Å²) < 4.78 is 17.2. The first-order valence-corrected chi connectivity index (χ1v) is 12.5. The Balaban J connectivity index is 1.57. The minimum absolute atomic E-state index is 0.337. The third kappa shape index (κ3) is 4.38. The highest BCUT2D eigenvalue weighted by atomic mass is 16.7. The van der Waals surface area contributed by atoms with Crippen molar-refractivity contribution in [1.82, 2.24) is 0 Å². The maximum atomic E-state index is 14.0. The zero-order chi connectivity index (χ0) is 25.9. The Morgan fingerprint density at radius 1 is 0.838 bits per heavy atom. The van der Waals surface area contributed by atoms with E-state index in [0.717, 1.165) is 17.7 Å². The van der Waals surface area contributed by atoms with Crippen molar-refractivity contribution in [2.75, 3.05) is 30.3 Å². The fourth-order valence-corrected chi connectivity index (χ4v) is 4.91. The van der Waals surface area contributed by atoms with Crippen LogP contribution in [-0.2, 0) is 14.4 Å². The number of carbonyl (C=O) groups excluding carboxylic acids is 2. The summed E-state index contributed by atoms with van der Waals surface area (Å²) in [4.78, 5) is 35.1. The minimum Gasteiger partial charge on any atom is -0.493 e. The number of amides is 2. The van der Waals surface area contributed by atoms with Gasteiger partial charge in [0.2, 0.25) is 5.91 Å². The number of hydrogen-bond donors (Lipinski definition) is 0. The second-order valence-electron chi connectivity index (χ2n) is 8.83. The van der Waals surface area contributed by atoms with Crippen molar-refractivity contribution in [1.29, 1.82) is 0 Å². The minimum atomic E-state index is -0.977. The number of anilines is 2. The molecule has 3 atom stereocenters. The quantitative estimate of drug-likeness (QED) is 0.384. The Bertz CT molecular complexity index is 1280. The second-order valence-corrected chi connectivity index (χ2v) is 8.83. The summed E-state index contributed by atoms with van der Waals surface area (Å²) in [5.41, 5.74) is 1.94. The molecule has 2 saturated heterocycles. The highest BCUT2D eigenvalue weighted by Gasteiger charge is 2.60. The number of benzene rings is 3. The third-order valence-corrected chi connectivity index (χ3v) is 6.52. The number of hydroxylamine groups is 1. The third-order valence-electron chi connectivity index (χ3n) is 6.52. The molecule has 0 spiro atoms. The average molecular weight is 503 g/mol. The zero-order valence-electron chi connectivity index (χ0n) is 21.1. The number of nitrogens with zero attached hydrogens (tertiary/aromatic N) is 2. The van der Waals surface area contributed by atoms with Crippen molar-refractivity contribution >= 4 is 23.2 Å². The predicted molar refractivity (Wildman–Crippen MR) is 139 cm³/mol. The topological polar surface area (TPSA) is 77.5 Å². The van der Waals surface area contributed by atoms with E-state index < -0.39 is 24.0 Å². The molecule has 2 aliphatic rings. The molecule has 2 amide bonds. The molecule has 3 aromatic rings. The molecule has 5 rings (SSSR count). The van der Waals surface area contributed by atoms with Crippen LogP contribution in [0.15, 0.2) is 72.8 Å². The largest absolute Gasteiger partial charge is 0.493 e. The van der Waals surface area contributed by atoms with Crippen LogP contribution in [0.4, 0.5) is 11.4 Å². The van der Waals surface area contributed by atoms with E-state index >= 15 is 0 Å². The van der Waals surface area contributed by atoms with Gasteiger partial charge in [0.05, 0.1) is 37.7 Å². The van der Waals surface area contributed by atoms with Crippen molar-refractivity contribution in [2.45, 2.75) is 32.4 Å². The molecule has 8 nitrogen and oxygen atoms in total. The van der Waals surface area contributed by atoms with Gasteiger partial charge in [-0.15, -0.1) is 0 Å². The molecule has 37 heavy (non-hydrogen) atoms. The van der Waals surface area contributed by atoms with Gasteiger partial charge in [-0.1, -0.05) is 43.3 Å². The van der Waals surface area contributed by atoms with Crippen LogP contribution in [0.2, 0.25) is 0 Å². The van der Waals surface area contributed by atoms with Crippen LogP contribution < -0.4 is 24.2 Å². The SMILES string of the molecule is CCCOc1ccc([C@@H]2[C@@H]3C(=O)N(c4ccccc4OCC)C(=O)[C@@H]3ON2c2ccccc2)cc1OC. The number of fused-ring (bicyclic) bond motifs is 1. The van der Waals surface area contributed by atoms with E-state index in [9.17, 15) is 9.59 Å². The first-order chi connectivity index (χ1) is 18.1. The Hall–Kier alpha value is -4.04. The molecular formula is C29H30N2O6. The maximum Gasteiger partial charge on any atom is 0.266 e. The number of ether oxygens (including phenoxy) is 3. The zero-order valence-corrected chi connectivity index (χ0v) is 21.1. The van der Waals surface area contributed by atoms with Crippen LogP contribution in [0, 0.1) is 5.92 Å². The molecule has 0 aliphatic carbocycles. The monoisotopic (exact) mass is 502 g/mol. The number of para-hydroxylation sites is 3. The van der Waals surface area contributed by atoms with Crippen LogP contribution in [0.5, 0.6) is 17.2 Å². The normalized spacial score (nSPS) is 20.8. The van der Waals surface area contributed by atoms with Gasteiger partial charge in [-0.05, 0) is 55.3 Å². The number of imide groups is 1. The lowest BCUT2D eigenvalue weighted by molar-refractivity contribution is -0.126. The molecule has 0 saturated carbocycles. The molecule has 2 aliphatic heterocycles. The summed E-state index contributed by atoms with van der Waals surface area (Å²) in [6.07, 6.45) is -0.114. The van der Waals surface area contributed by atoms with Crippen LogP contribution in [-0.4, -0.2) is 38.2 Å². The summed E-state index contributed by atoms with van der Waals surface area (Å²) in [7, 11) is 1.58. The van der Waals surface area contributed by atoms with Crippen molar-refractivity contribution in [2.24, 2.45) is 5.92 Å². The molecule has 0 radical (unpaired) electrons. The van der Waals surface area contributed by atoms with E-state index in [-0.39, 0.29) is 5.91 Å². The molecule has 3 aromatic carbocycles. The lowest BCUT2D eigenvalue weighted by Gasteiger charge is -2.29. The lowest BCUT2D eigenvalue weighted by Crippen LogP contribution is -2.37. The van der Waals surface area contributed by atoms with Gasteiger partial charge in [-0.3, -0.25) is 14.4 Å². The Morgan fingerprint density at radius 2 is 1.59 bits per heavy atom. The Morgan fingerprint density at radius 3 is 2.32 bits per heavy atom. The van der Waals surface area contributed by atoms with Crippen LogP contribution in [0.25, 0.3) is 0 Å². The summed E-state index contributed by atoms with van der Waals surface area (Å²) >= 11 is 0. The van der Waals surface area contributed by atoms with Crippen LogP contribution in [0.3, 0.4) is 0 Å². The van der Waals surface area contributed by atoms with Gasteiger partial charge >= 0.3 is 0 Å². The number of methoxy groups -OCH3 is 1. The van der Waals surface area contributed by atoms with E-state index in [2.05, 4.69) is 0 Å². The van der Waals surface area contributed by atoms with E-state index in [1.807, 2.05) is 68.4 Å². The van der Waals surface area contributed by atoms with E-state index in [1.54, 1.807) is 30.4 Å². The number of rotatable bonds is 9. The summed E-state index contributed by atoms with van der Waals surface area (Å²) in [5, 5.41) is 1.66. The molecule has 8 heteroatoms. The molecular weight excluding hydrogens is 472 g/mol. The lowest BCUT2D eigenvalue weighted by atomic mass is 9.90. The summed E-state index contributed by atoms with van der Waals surface area (Å²) in [5.74, 6) is 0.127. The second kappa shape index (κ2) is 10.5. The number of carbonyl (C=O) groups is 2. The molecule has 0 bridgehead atoms. The molecule has 0 unspecified atom stereocenters. The van der Waals surface area contributed by atoms with E-state index in [1.165, 1.54) is 4.90 Å². The molecule has 0 N–H and O–H groups in total. The van der Waals surface area contributed by atoms with E-state index in [4.69, 9.17) is 19.0 Å². The Kier molecular flexibility index (Phi) is 7.01. The fraction of sp³-hybridized carbons (Fsp3) is 0.310. The highest BCUT2D eigenvalue weighted by molar-refractivity contribution is 6.24. The molecule has 0 aromatic heterocycles. The van der Waals surface area contributed by atoms with Crippen molar-refractivity contribution < 1.29 is 28.6 Å². The fourth-order valence-electron chi connectivity index (χ4n) is 4.91. The first-order valence-electron chi connectivity index (χ1n) is 12.5. The number of hydrogen-bond acceptors (Lipinski definition) is 7. The standard InChI is InChI=1S/C29H30N2O6/c1-4-17-36-23-16-15-19(18-24(23)34-3)26-25-27(37-31(26)20-11-7-6-8-12-20)29(33)30(28(25)32)21-13-9-10-14-22(21)35-5-2/h6-16,18,25-27H,4-5,17H2,1-3H3/t25-,26+,27+/m0/s1. The van der Waals surface area contributed by atoms with Gasteiger partial charge in [0.1, 0.15) is 11.7 Å². The highest BCUT2D eigenvalue weighted by Crippen LogP contribution is 2.49. The molecule has 2 heterocycles. The van der Waals surface area contributed by atoms with Crippen molar-refractivity contribution in [3.63, 3.8) is 0 Å². The van der Waals surface area contributed by atoms with Gasteiger partial charge in [0.15, 0.2) is 17.6 Å². The van der Waals surface area contributed by atoms with E-state index in [0.29, 0.717) is 36.1 Å². The van der Waals surface area contributed by atoms with Gasteiger partial charge in [0, 0.05) is 0 Å². The molecule has 192 valence electrons. The van der Waals surface area contributed by atoms with Crippen LogP contribution >= 0.6 is 0 Å². The maximum absolute atomic E-state index is 14.0. The van der Waals surface area contributed by atoms with Crippen LogP contribution in [0.1, 0.15) is 31.9 Å². The summed E-state index contributed by atoms with van der Waals surface area (Å²) in [6.45, 7) is 4.86. The first kappa shape index (κ1) is 24.6. The smallest absolute Gasteiger partial charge is 0.266 e. The van der Waals surface area contributed by atoms with Crippen molar-refractivity contribution in [3.05, 3.63) is 78.4 Å².